The smallest absolute Gasteiger partial charge is 0.313 e. The molecule has 6 nitrogen and oxygen atoms in total. The molecule has 2 rings (SSSR count). The number of aromatic nitrogens is 2. The Balaban J connectivity index is 2.13. The quantitative estimate of drug-likeness (QED) is 0.643. The molecule has 0 aromatic carbocycles. The van der Waals surface area contributed by atoms with Crippen molar-refractivity contribution in [1.82, 2.24) is 14.5 Å². The summed E-state index contributed by atoms with van der Waals surface area (Å²) < 4.78 is 1.89. The Kier molecular flexibility index (Phi) is 5.19. The van der Waals surface area contributed by atoms with Gasteiger partial charge >= 0.3 is 5.97 Å². The lowest BCUT2D eigenvalue weighted by atomic mass is 10.0. The van der Waals surface area contributed by atoms with Gasteiger partial charge in [0.1, 0.15) is 0 Å². The fourth-order valence-electron chi connectivity index (χ4n) is 2.40. The highest BCUT2D eigenvalue weighted by Crippen LogP contribution is 2.19. The van der Waals surface area contributed by atoms with Gasteiger partial charge in [0, 0.05) is 24.8 Å². The molecule has 0 amide bonds. The summed E-state index contributed by atoms with van der Waals surface area (Å²) in [7, 11) is 2.10. The molecule has 20 heavy (non-hydrogen) atoms. The van der Waals surface area contributed by atoms with E-state index in [1.54, 1.807) is 6.20 Å². The minimum atomic E-state index is -0.908. The molecular formula is C13H19N3O3S. The van der Waals surface area contributed by atoms with Gasteiger partial charge in [-0.05, 0) is 26.4 Å². The molecule has 1 fully saturated rings. The van der Waals surface area contributed by atoms with E-state index in [-0.39, 0.29) is 11.3 Å². The highest BCUT2D eigenvalue weighted by Gasteiger charge is 2.20. The molecule has 0 saturated carbocycles. The number of thioether (sulfide) groups is 1. The molecule has 1 aromatic rings. The van der Waals surface area contributed by atoms with Gasteiger partial charge in [-0.2, -0.15) is 4.98 Å². The van der Waals surface area contributed by atoms with Crippen molar-refractivity contribution in [3.8, 4) is 0 Å². The second kappa shape index (κ2) is 6.90. The van der Waals surface area contributed by atoms with Crippen LogP contribution in [0.15, 0.2) is 22.2 Å². The minimum absolute atomic E-state index is 0.0863. The molecule has 7 heteroatoms. The lowest BCUT2D eigenvalue weighted by Crippen LogP contribution is -2.39. The first-order chi connectivity index (χ1) is 9.56. The summed E-state index contributed by atoms with van der Waals surface area (Å²) in [5.41, 5.74) is -0.328. The molecule has 0 spiro atoms. The van der Waals surface area contributed by atoms with Gasteiger partial charge in [-0.25, -0.2) is 0 Å². The van der Waals surface area contributed by atoms with Gasteiger partial charge in [-0.3, -0.25) is 9.59 Å². The van der Waals surface area contributed by atoms with Crippen LogP contribution in [0, 0.1) is 0 Å². The Morgan fingerprint density at radius 2 is 2.35 bits per heavy atom. The fourth-order valence-corrected chi connectivity index (χ4v) is 3.10. The first kappa shape index (κ1) is 15.1. The summed E-state index contributed by atoms with van der Waals surface area (Å²) in [5.74, 6) is -0.994. The van der Waals surface area contributed by atoms with E-state index < -0.39 is 5.97 Å². The molecule has 0 radical (unpaired) electrons. The molecule has 1 unspecified atom stereocenters. The zero-order valence-corrected chi connectivity index (χ0v) is 12.3. The van der Waals surface area contributed by atoms with Crippen LogP contribution >= 0.6 is 11.8 Å². The fraction of sp³-hybridized carbons (Fsp3) is 0.615. The van der Waals surface area contributed by atoms with E-state index in [2.05, 4.69) is 16.9 Å². The van der Waals surface area contributed by atoms with E-state index in [1.165, 1.54) is 18.9 Å². The van der Waals surface area contributed by atoms with E-state index >= 15 is 0 Å². The van der Waals surface area contributed by atoms with Crippen LogP contribution < -0.4 is 5.56 Å². The number of likely N-dealkylation sites (N-methyl/N-ethyl adjacent to an activating group) is 1. The molecule has 1 aromatic heterocycles. The molecule has 1 aliphatic heterocycles. The summed E-state index contributed by atoms with van der Waals surface area (Å²) in [6, 6.07) is 1.84. The monoisotopic (exact) mass is 297 g/mol. The number of carboxylic acids is 1. The third-order valence-electron chi connectivity index (χ3n) is 3.50. The predicted octanol–water partition coefficient (Wildman–Crippen LogP) is 0.904. The maximum atomic E-state index is 11.3. The van der Waals surface area contributed by atoms with Gasteiger partial charge in [-0.15, -0.1) is 0 Å². The molecule has 1 atom stereocenters. The van der Waals surface area contributed by atoms with E-state index in [0.29, 0.717) is 11.2 Å². The van der Waals surface area contributed by atoms with Crippen LogP contribution in [-0.2, 0) is 11.3 Å². The Hall–Kier alpha value is -1.34. The Morgan fingerprint density at radius 1 is 1.55 bits per heavy atom. The SMILES string of the molecule is CN1CCCCC1Cn1ccc(=O)nc1SCC(=O)O. The number of hydrogen-bond donors (Lipinski definition) is 1. The van der Waals surface area contributed by atoms with Gasteiger partial charge in [0.25, 0.3) is 5.56 Å². The molecule has 1 aliphatic rings. The molecule has 2 heterocycles. The molecular weight excluding hydrogens is 278 g/mol. The van der Waals surface area contributed by atoms with E-state index in [9.17, 15) is 9.59 Å². The van der Waals surface area contributed by atoms with Crippen molar-refractivity contribution in [3.05, 3.63) is 22.6 Å². The van der Waals surface area contributed by atoms with Crippen LogP contribution in [0.4, 0.5) is 0 Å². The lowest BCUT2D eigenvalue weighted by molar-refractivity contribution is -0.133. The topological polar surface area (TPSA) is 75.4 Å². The molecule has 0 bridgehead atoms. The lowest BCUT2D eigenvalue weighted by Gasteiger charge is -2.33. The standard InChI is InChI=1S/C13H19N3O3S/c1-15-6-3-2-4-10(15)8-16-7-5-11(17)14-13(16)20-9-12(18)19/h5,7,10H,2-4,6,8-9H2,1H3,(H,18,19). The van der Waals surface area contributed by atoms with Crippen molar-refractivity contribution in [1.29, 1.82) is 0 Å². The number of carbonyl (C=O) groups is 1. The maximum absolute atomic E-state index is 11.3. The van der Waals surface area contributed by atoms with Crippen molar-refractivity contribution in [3.63, 3.8) is 0 Å². The summed E-state index contributed by atoms with van der Waals surface area (Å²) in [6.45, 7) is 1.82. The number of rotatable bonds is 5. The summed E-state index contributed by atoms with van der Waals surface area (Å²) in [5, 5.41) is 9.24. The van der Waals surface area contributed by atoms with Crippen LogP contribution in [0.25, 0.3) is 0 Å². The van der Waals surface area contributed by atoms with Crippen LogP contribution in [-0.4, -0.2) is 50.9 Å². The van der Waals surface area contributed by atoms with Gasteiger partial charge in [0.15, 0.2) is 5.16 Å². The zero-order chi connectivity index (χ0) is 14.5. The van der Waals surface area contributed by atoms with Crippen LogP contribution in [0.1, 0.15) is 19.3 Å². The number of nitrogens with zero attached hydrogens (tertiary/aromatic N) is 3. The summed E-state index contributed by atoms with van der Waals surface area (Å²) in [4.78, 5) is 28.3. The van der Waals surface area contributed by atoms with Crippen molar-refractivity contribution in [2.24, 2.45) is 0 Å². The third kappa shape index (κ3) is 4.08. The van der Waals surface area contributed by atoms with Gasteiger partial charge in [0.2, 0.25) is 0 Å². The normalized spacial score (nSPS) is 19.9. The van der Waals surface area contributed by atoms with Crippen LogP contribution in [0.2, 0.25) is 0 Å². The number of likely N-dealkylation sites (tertiary alicyclic amines) is 1. The van der Waals surface area contributed by atoms with Crippen molar-refractivity contribution < 1.29 is 9.90 Å². The predicted molar refractivity (Wildman–Crippen MR) is 77.1 cm³/mol. The number of carboxylic acid groups (broad SMARTS) is 1. The summed E-state index contributed by atoms with van der Waals surface area (Å²) >= 11 is 1.09. The van der Waals surface area contributed by atoms with Gasteiger partial charge in [0.05, 0.1) is 5.75 Å². The third-order valence-corrected chi connectivity index (χ3v) is 4.48. The Labute approximate surface area is 121 Å². The number of aliphatic carboxylic acids is 1. The van der Waals surface area contributed by atoms with Crippen LogP contribution in [0.3, 0.4) is 0 Å². The zero-order valence-electron chi connectivity index (χ0n) is 11.5. The van der Waals surface area contributed by atoms with Gasteiger partial charge in [-0.1, -0.05) is 18.2 Å². The van der Waals surface area contributed by atoms with Crippen molar-refractivity contribution >= 4 is 17.7 Å². The minimum Gasteiger partial charge on any atom is -0.481 e. The summed E-state index contributed by atoms with van der Waals surface area (Å²) in [6.07, 6.45) is 5.25. The Morgan fingerprint density at radius 3 is 3.05 bits per heavy atom. The highest BCUT2D eigenvalue weighted by atomic mass is 32.2. The molecule has 1 N–H and O–H groups in total. The number of hydrogen-bond acceptors (Lipinski definition) is 5. The first-order valence-electron chi connectivity index (χ1n) is 6.68. The van der Waals surface area contributed by atoms with E-state index in [0.717, 1.165) is 31.3 Å². The second-order valence-corrected chi connectivity index (χ2v) is 5.96. The van der Waals surface area contributed by atoms with E-state index in [4.69, 9.17) is 5.11 Å². The molecule has 1 saturated heterocycles. The first-order valence-corrected chi connectivity index (χ1v) is 7.67. The Bertz CT molecular complexity index is 532. The van der Waals surface area contributed by atoms with Crippen molar-refractivity contribution in [2.45, 2.75) is 37.0 Å². The largest absolute Gasteiger partial charge is 0.481 e. The highest BCUT2D eigenvalue weighted by molar-refractivity contribution is 7.99. The number of piperidine rings is 1. The molecule has 110 valence electrons. The van der Waals surface area contributed by atoms with E-state index in [1.807, 2.05) is 4.57 Å². The van der Waals surface area contributed by atoms with Crippen molar-refractivity contribution in [2.75, 3.05) is 19.3 Å². The maximum Gasteiger partial charge on any atom is 0.313 e. The van der Waals surface area contributed by atoms with Crippen LogP contribution in [0.5, 0.6) is 0 Å². The average Bonchev–Trinajstić information content (AvgIpc) is 2.41. The van der Waals surface area contributed by atoms with Gasteiger partial charge < -0.3 is 14.6 Å². The average molecular weight is 297 g/mol. The second-order valence-electron chi connectivity index (χ2n) is 5.01. The molecule has 0 aliphatic carbocycles.